The van der Waals surface area contributed by atoms with Crippen molar-refractivity contribution >= 4 is 26.0 Å². The molecule has 0 aromatic heterocycles. The number of nitrogens with one attached hydrogen (secondary N) is 2. The van der Waals surface area contributed by atoms with E-state index in [4.69, 9.17) is 0 Å². The van der Waals surface area contributed by atoms with Crippen LogP contribution in [0.15, 0.2) is 27.6 Å². The average molecular weight is 373 g/mol. The highest BCUT2D eigenvalue weighted by molar-refractivity contribution is 9.10. The Morgan fingerprint density at radius 2 is 2.05 bits per heavy atom. The molecule has 4 nitrogen and oxygen atoms in total. The van der Waals surface area contributed by atoms with Crippen LogP contribution in [-0.2, 0) is 16.2 Å². The average Bonchev–Trinajstić information content (AvgIpc) is 2.79. The quantitative estimate of drug-likeness (QED) is 0.854. The number of rotatable bonds is 3. The predicted molar refractivity (Wildman–Crippen MR) is 70.7 cm³/mol. The lowest BCUT2D eigenvalue weighted by Crippen LogP contribution is -2.37. The molecule has 0 spiro atoms. The third kappa shape index (κ3) is 3.51. The van der Waals surface area contributed by atoms with Gasteiger partial charge in [-0.2, -0.15) is 13.2 Å². The summed E-state index contributed by atoms with van der Waals surface area (Å²) in [6, 6.07) is 2.61. The Morgan fingerprint density at radius 3 is 2.60 bits per heavy atom. The van der Waals surface area contributed by atoms with E-state index in [0.29, 0.717) is 19.5 Å². The Morgan fingerprint density at radius 1 is 1.35 bits per heavy atom. The molecule has 0 amide bonds. The molecule has 1 atom stereocenters. The van der Waals surface area contributed by atoms with Crippen LogP contribution in [0.3, 0.4) is 0 Å². The van der Waals surface area contributed by atoms with Gasteiger partial charge in [0, 0.05) is 17.1 Å². The lowest BCUT2D eigenvalue weighted by atomic mass is 10.2. The molecule has 9 heteroatoms. The van der Waals surface area contributed by atoms with Gasteiger partial charge in [-0.25, -0.2) is 13.1 Å². The molecule has 20 heavy (non-hydrogen) atoms. The maximum Gasteiger partial charge on any atom is 0.417 e. The van der Waals surface area contributed by atoms with Crippen molar-refractivity contribution in [1.82, 2.24) is 10.0 Å². The number of alkyl halides is 3. The number of halogens is 4. The Balaban J connectivity index is 2.40. The minimum absolute atomic E-state index is 0.173. The first-order valence-electron chi connectivity index (χ1n) is 5.80. The summed E-state index contributed by atoms with van der Waals surface area (Å²) in [5.41, 5.74) is -1.18. The molecule has 0 radical (unpaired) electrons. The van der Waals surface area contributed by atoms with Crippen LogP contribution in [0.25, 0.3) is 0 Å². The normalized spacial score (nSPS) is 20.3. The predicted octanol–water partition coefficient (Wildman–Crippen LogP) is 2.11. The van der Waals surface area contributed by atoms with Gasteiger partial charge in [0.05, 0.1) is 10.5 Å². The van der Waals surface area contributed by atoms with E-state index in [1.54, 1.807) is 0 Å². The van der Waals surface area contributed by atoms with Crippen molar-refractivity contribution in [2.75, 3.05) is 13.1 Å². The van der Waals surface area contributed by atoms with E-state index in [2.05, 4.69) is 26.0 Å². The maximum absolute atomic E-state index is 12.9. The van der Waals surface area contributed by atoms with Crippen LogP contribution in [0.4, 0.5) is 13.2 Å². The fraction of sp³-hybridized carbons (Fsp3) is 0.455. The van der Waals surface area contributed by atoms with Crippen molar-refractivity contribution < 1.29 is 21.6 Å². The molecule has 0 saturated carbocycles. The van der Waals surface area contributed by atoms with E-state index >= 15 is 0 Å². The summed E-state index contributed by atoms with van der Waals surface area (Å²) in [5, 5.41) is 2.94. The van der Waals surface area contributed by atoms with E-state index in [9.17, 15) is 21.6 Å². The van der Waals surface area contributed by atoms with E-state index in [1.807, 2.05) is 0 Å². The van der Waals surface area contributed by atoms with Crippen molar-refractivity contribution in [3.05, 3.63) is 28.2 Å². The summed E-state index contributed by atoms with van der Waals surface area (Å²) in [7, 11) is -4.21. The molecule has 1 saturated heterocycles. The van der Waals surface area contributed by atoms with Gasteiger partial charge in [-0.3, -0.25) is 0 Å². The highest BCUT2D eigenvalue weighted by Crippen LogP contribution is 2.35. The third-order valence-corrected chi connectivity index (χ3v) is 4.99. The Hall–Kier alpha value is -0.640. The van der Waals surface area contributed by atoms with E-state index < -0.39 is 26.7 Å². The number of sulfonamides is 1. The largest absolute Gasteiger partial charge is 0.417 e. The minimum Gasteiger partial charge on any atom is -0.315 e. The van der Waals surface area contributed by atoms with Crippen molar-refractivity contribution in [2.24, 2.45) is 0 Å². The number of hydrogen-bond donors (Lipinski definition) is 2. The monoisotopic (exact) mass is 372 g/mol. The van der Waals surface area contributed by atoms with Crippen LogP contribution in [-0.4, -0.2) is 27.5 Å². The fourth-order valence-electron chi connectivity index (χ4n) is 2.00. The van der Waals surface area contributed by atoms with Gasteiger partial charge < -0.3 is 5.32 Å². The number of hydrogen-bond acceptors (Lipinski definition) is 3. The molecule has 1 fully saturated rings. The molecule has 1 aromatic carbocycles. The first-order chi connectivity index (χ1) is 9.20. The standard InChI is InChI=1S/C11H12BrF3N2O2S/c12-7-1-2-10(9(5-7)11(13,14)15)20(18,19)17-8-3-4-16-6-8/h1-2,5,8,16-17H,3-4,6H2. The van der Waals surface area contributed by atoms with Crippen molar-refractivity contribution in [3.63, 3.8) is 0 Å². The van der Waals surface area contributed by atoms with Gasteiger partial charge >= 0.3 is 6.18 Å². The van der Waals surface area contributed by atoms with Crippen LogP contribution in [0.2, 0.25) is 0 Å². The molecule has 2 rings (SSSR count). The summed E-state index contributed by atoms with van der Waals surface area (Å²) >= 11 is 2.92. The molecule has 0 bridgehead atoms. The fourth-order valence-corrected chi connectivity index (χ4v) is 3.84. The van der Waals surface area contributed by atoms with Crippen LogP contribution in [0, 0.1) is 0 Å². The zero-order valence-corrected chi connectivity index (χ0v) is 12.6. The second kappa shape index (κ2) is 5.63. The second-order valence-corrected chi connectivity index (χ2v) is 7.05. The van der Waals surface area contributed by atoms with Crippen molar-refractivity contribution in [3.8, 4) is 0 Å². The summed E-state index contributed by atoms with van der Waals surface area (Å²) in [6.45, 7) is 1.05. The Kier molecular flexibility index (Phi) is 4.43. The van der Waals surface area contributed by atoms with Gasteiger partial charge in [0.15, 0.2) is 0 Å². The minimum atomic E-state index is -4.73. The molecule has 1 aromatic rings. The van der Waals surface area contributed by atoms with Crippen LogP contribution in [0.5, 0.6) is 0 Å². The second-order valence-electron chi connectivity index (χ2n) is 4.45. The van der Waals surface area contributed by atoms with E-state index in [-0.39, 0.29) is 10.5 Å². The summed E-state index contributed by atoms with van der Waals surface area (Å²) in [4.78, 5) is -0.750. The highest BCUT2D eigenvalue weighted by Gasteiger charge is 2.38. The molecule has 2 N–H and O–H groups in total. The van der Waals surface area contributed by atoms with Gasteiger partial charge in [-0.15, -0.1) is 0 Å². The molecule has 1 aliphatic rings. The first-order valence-corrected chi connectivity index (χ1v) is 8.07. The molecular weight excluding hydrogens is 361 g/mol. The first kappa shape index (κ1) is 15.7. The van der Waals surface area contributed by atoms with Gasteiger partial charge in [0.2, 0.25) is 10.0 Å². The molecule has 112 valence electrons. The van der Waals surface area contributed by atoms with Gasteiger partial charge in [-0.1, -0.05) is 15.9 Å². The van der Waals surface area contributed by atoms with Crippen LogP contribution >= 0.6 is 15.9 Å². The zero-order chi connectivity index (χ0) is 15.0. The topological polar surface area (TPSA) is 58.2 Å². The molecular formula is C11H12BrF3N2O2S. The third-order valence-electron chi connectivity index (χ3n) is 2.92. The Bertz CT molecular complexity index is 598. The SMILES string of the molecule is O=S(=O)(NC1CCNC1)c1ccc(Br)cc1C(F)(F)F. The zero-order valence-electron chi connectivity index (χ0n) is 10.2. The van der Waals surface area contributed by atoms with Crippen molar-refractivity contribution in [1.29, 1.82) is 0 Å². The molecule has 1 heterocycles. The van der Waals surface area contributed by atoms with Crippen LogP contribution in [0.1, 0.15) is 12.0 Å². The molecule has 1 unspecified atom stereocenters. The molecule has 1 aliphatic heterocycles. The lowest BCUT2D eigenvalue weighted by molar-refractivity contribution is -0.139. The summed E-state index contributed by atoms with van der Waals surface area (Å²) in [5.74, 6) is 0. The number of benzene rings is 1. The smallest absolute Gasteiger partial charge is 0.315 e. The lowest BCUT2D eigenvalue weighted by Gasteiger charge is -2.16. The van der Waals surface area contributed by atoms with Crippen LogP contribution < -0.4 is 10.0 Å². The van der Waals surface area contributed by atoms with E-state index in [0.717, 1.165) is 12.1 Å². The van der Waals surface area contributed by atoms with Gasteiger partial charge in [0.1, 0.15) is 0 Å². The summed E-state index contributed by atoms with van der Waals surface area (Å²) in [6.07, 6.45) is -4.18. The van der Waals surface area contributed by atoms with Gasteiger partial charge in [0.25, 0.3) is 0 Å². The van der Waals surface area contributed by atoms with E-state index in [1.165, 1.54) is 6.07 Å². The van der Waals surface area contributed by atoms with Crippen molar-refractivity contribution in [2.45, 2.75) is 23.5 Å². The Labute approximate surface area is 122 Å². The molecule has 0 aliphatic carbocycles. The maximum atomic E-state index is 12.9. The summed E-state index contributed by atoms with van der Waals surface area (Å²) < 4.78 is 65.5. The highest BCUT2D eigenvalue weighted by atomic mass is 79.9. The van der Waals surface area contributed by atoms with Gasteiger partial charge in [-0.05, 0) is 31.2 Å².